The third kappa shape index (κ3) is 5.89. The van der Waals surface area contributed by atoms with Crippen molar-refractivity contribution in [1.82, 2.24) is 20.1 Å². The van der Waals surface area contributed by atoms with Crippen LogP contribution >= 0.6 is 22.6 Å². The summed E-state index contributed by atoms with van der Waals surface area (Å²) < 4.78 is 19.9. The molecule has 170 valence electrons. The zero-order valence-corrected chi connectivity index (χ0v) is 20.2. The molecule has 3 heterocycles. The number of hydrogen-bond donors (Lipinski definition) is 1. The smallest absolute Gasteiger partial charge is 0.407 e. The van der Waals surface area contributed by atoms with Crippen LogP contribution in [0.2, 0.25) is 0 Å². The molecule has 1 amide bonds. The number of amides is 1. The van der Waals surface area contributed by atoms with Crippen LogP contribution in [0.5, 0.6) is 5.75 Å². The van der Waals surface area contributed by atoms with Gasteiger partial charge >= 0.3 is 6.09 Å². The summed E-state index contributed by atoms with van der Waals surface area (Å²) in [5.74, 6) is 0.679. The number of carbonyl (C=O) groups is 1. The van der Waals surface area contributed by atoms with Gasteiger partial charge in [-0.25, -0.2) is 14.5 Å². The number of aromatic nitrogens is 3. The van der Waals surface area contributed by atoms with Gasteiger partial charge in [-0.05, 0) is 60.4 Å². The van der Waals surface area contributed by atoms with Crippen molar-refractivity contribution in [2.75, 3.05) is 13.2 Å². The minimum Gasteiger partial charge on any atom is -0.489 e. The van der Waals surface area contributed by atoms with Crippen LogP contribution in [-0.4, -0.2) is 40.1 Å². The molecule has 1 saturated heterocycles. The zero-order chi connectivity index (χ0) is 22.3. The summed E-state index contributed by atoms with van der Waals surface area (Å²) in [7, 11) is 0. The van der Waals surface area contributed by atoms with Crippen LogP contribution in [0.4, 0.5) is 4.79 Å². The Morgan fingerprint density at radius 2 is 2.19 bits per heavy atom. The molecule has 0 aliphatic carbocycles. The van der Waals surface area contributed by atoms with Crippen molar-refractivity contribution in [3.05, 3.63) is 51.9 Å². The van der Waals surface area contributed by atoms with Crippen LogP contribution in [0.1, 0.15) is 44.4 Å². The third-order valence-corrected chi connectivity index (χ3v) is 6.07. The second-order valence-electron chi connectivity index (χ2n) is 7.80. The minimum absolute atomic E-state index is 0.0549. The number of benzene rings is 1. The van der Waals surface area contributed by atoms with Gasteiger partial charge in [0.05, 0.1) is 17.7 Å². The second-order valence-corrected chi connectivity index (χ2v) is 8.83. The molecule has 2 aromatic heterocycles. The summed E-state index contributed by atoms with van der Waals surface area (Å²) in [6.45, 7) is 3.43. The maximum absolute atomic E-state index is 11.9. The molecule has 1 unspecified atom stereocenters. The SMILES string of the molecule is C[C@H](CCNC(=O)OCc1ccccc1)Oc1cnc2c(c1)c(I)nn2C1CCCCO1. The summed E-state index contributed by atoms with van der Waals surface area (Å²) >= 11 is 2.22. The highest BCUT2D eigenvalue weighted by atomic mass is 127. The number of ether oxygens (including phenoxy) is 3. The Morgan fingerprint density at radius 1 is 1.34 bits per heavy atom. The van der Waals surface area contributed by atoms with Crippen LogP contribution in [0.15, 0.2) is 42.6 Å². The van der Waals surface area contributed by atoms with Crippen LogP contribution < -0.4 is 10.1 Å². The normalized spacial score (nSPS) is 17.1. The molecule has 4 rings (SSSR count). The van der Waals surface area contributed by atoms with Gasteiger partial charge in [-0.2, -0.15) is 5.10 Å². The van der Waals surface area contributed by atoms with E-state index in [9.17, 15) is 4.79 Å². The molecule has 0 spiro atoms. The first-order valence-corrected chi connectivity index (χ1v) is 11.9. The van der Waals surface area contributed by atoms with Gasteiger partial charge < -0.3 is 19.5 Å². The Balaban J connectivity index is 1.26. The van der Waals surface area contributed by atoms with E-state index < -0.39 is 6.09 Å². The van der Waals surface area contributed by atoms with E-state index in [1.807, 2.05) is 48.0 Å². The predicted molar refractivity (Wildman–Crippen MR) is 128 cm³/mol. The van der Waals surface area contributed by atoms with Gasteiger partial charge in [-0.1, -0.05) is 30.3 Å². The van der Waals surface area contributed by atoms with Crippen molar-refractivity contribution in [1.29, 1.82) is 0 Å². The topological polar surface area (TPSA) is 87.5 Å². The maximum Gasteiger partial charge on any atom is 0.407 e. The van der Waals surface area contributed by atoms with Gasteiger partial charge in [0.1, 0.15) is 16.1 Å². The molecule has 3 aromatic rings. The number of rotatable bonds is 8. The van der Waals surface area contributed by atoms with E-state index in [-0.39, 0.29) is 18.9 Å². The Bertz CT molecular complexity index is 1040. The average molecular weight is 550 g/mol. The van der Waals surface area contributed by atoms with E-state index in [0.29, 0.717) is 18.7 Å². The van der Waals surface area contributed by atoms with Gasteiger partial charge in [0, 0.05) is 19.6 Å². The molecule has 8 nitrogen and oxygen atoms in total. The summed E-state index contributed by atoms with van der Waals surface area (Å²) in [6.07, 6.45) is 4.95. The average Bonchev–Trinajstić information content (AvgIpc) is 3.15. The molecule has 1 aliphatic heterocycles. The van der Waals surface area contributed by atoms with Crippen molar-refractivity contribution in [3.8, 4) is 5.75 Å². The number of halogens is 1. The molecule has 1 N–H and O–H groups in total. The van der Waals surface area contributed by atoms with Gasteiger partial charge in [-0.3, -0.25) is 0 Å². The minimum atomic E-state index is -0.434. The lowest BCUT2D eigenvalue weighted by Gasteiger charge is -2.23. The Hall–Kier alpha value is -2.40. The fourth-order valence-electron chi connectivity index (χ4n) is 3.59. The second kappa shape index (κ2) is 11.0. The van der Waals surface area contributed by atoms with E-state index >= 15 is 0 Å². The lowest BCUT2D eigenvalue weighted by atomic mass is 10.2. The zero-order valence-electron chi connectivity index (χ0n) is 18.0. The number of nitrogens with one attached hydrogen (secondary N) is 1. The number of alkyl carbamates (subject to hydrolysis) is 1. The van der Waals surface area contributed by atoms with Gasteiger partial charge in [0.25, 0.3) is 0 Å². The van der Waals surface area contributed by atoms with Crippen LogP contribution in [0, 0.1) is 3.70 Å². The molecule has 0 saturated carbocycles. The number of nitrogens with zero attached hydrogens (tertiary/aromatic N) is 3. The number of hydrogen-bond acceptors (Lipinski definition) is 6. The summed E-state index contributed by atoms with van der Waals surface area (Å²) in [5.41, 5.74) is 1.76. The fourth-order valence-corrected chi connectivity index (χ4v) is 4.22. The van der Waals surface area contributed by atoms with Crippen molar-refractivity contribution in [2.45, 2.75) is 51.5 Å². The number of carbonyl (C=O) groups excluding carboxylic acids is 1. The molecule has 1 aromatic carbocycles. The van der Waals surface area contributed by atoms with Gasteiger partial charge in [-0.15, -0.1) is 0 Å². The fraction of sp³-hybridized carbons (Fsp3) is 0.435. The summed E-state index contributed by atoms with van der Waals surface area (Å²) in [5, 5.41) is 8.35. The molecule has 9 heteroatoms. The van der Waals surface area contributed by atoms with Crippen molar-refractivity contribution in [3.63, 3.8) is 0 Å². The first kappa shape index (κ1) is 22.8. The third-order valence-electron chi connectivity index (χ3n) is 5.28. The highest BCUT2D eigenvalue weighted by molar-refractivity contribution is 14.1. The predicted octanol–water partition coefficient (Wildman–Crippen LogP) is 4.82. The lowest BCUT2D eigenvalue weighted by Crippen LogP contribution is -2.28. The molecule has 2 atom stereocenters. The highest BCUT2D eigenvalue weighted by Crippen LogP contribution is 2.29. The summed E-state index contributed by atoms with van der Waals surface area (Å²) in [6, 6.07) is 11.6. The molecule has 0 bridgehead atoms. The van der Waals surface area contributed by atoms with Gasteiger partial charge in [0.15, 0.2) is 11.9 Å². The van der Waals surface area contributed by atoms with Crippen LogP contribution in [0.3, 0.4) is 0 Å². The highest BCUT2D eigenvalue weighted by Gasteiger charge is 2.21. The van der Waals surface area contributed by atoms with E-state index in [4.69, 9.17) is 14.2 Å². The van der Waals surface area contributed by atoms with Crippen molar-refractivity contribution < 1.29 is 19.0 Å². The lowest BCUT2D eigenvalue weighted by molar-refractivity contribution is -0.0372. The van der Waals surface area contributed by atoms with Crippen molar-refractivity contribution >= 4 is 39.7 Å². The Kier molecular flexibility index (Phi) is 7.80. The van der Waals surface area contributed by atoms with Gasteiger partial charge in [0.2, 0.25) is 0 Å². The van der Waals surface area contributed by atoms with E-state index in [2.05, 4.69) is 38.0 Å². The molecule has 1 fully saturated rings. The van der Waals surface area contributed by atoms with Crippen LogP contribution in [-0.2, 0) is 16.1 Å². The number of fused-ring (bicyclic) bond motifs is 1. The van der Waals surface area contributed by atoms with Crippen LogP contribution in [0.25, 0.3) is 11.0 Å². The monoisotopic (exact) mass is 550 g/mol. The van der Waals surface area contributed by atoms with E-state index in [1.165, 1.54) is 0 Å². The first-order chi connectivity index (χ1) is 15.6. The molecule has 1 aliphatic rings. The quantitative estimate of drug-likeness (QED) is 0.405. The Morgan fingerprint density at radius 3 is 2.97 bits per heavy atom. The molecule has 0 radical (unpaired) electrons. The van der Waals surface area contributed by atoms with E-state index in [0.717, 1.165) is 46.2 Å². The largest absolute Gasteiger partial charge is 0.489 e. The Labute approximate surface area is 200 Å². The molecule has 32 heavy (non-hydrogen) atoms. The first-order valence-electron chi connectivity index (χ1n) is 10.9. The molecular formula is C23H27IN4O4. The maximum atomic E-state index is 11.9. The van der Waals surface area contributed by atoms with E-state index in [1.54, 1.807) is 6.20 Å². The van der Waals surface area contributed by atoms with Crippen molar-refractivity contribution in [2.24, 2.45) is 0 Å². The standard InChI is InChI=1S/C23H27IN4O4/c1-16(10-11-25-23(29)31-15-17-7-3-2-4-8-17)32-18-13-19-21(24)27-28(22(19)26-14-18)20-9-5-6-12-30-20/h2-4,7-8,13-14,16,20H,5-6,9-12,15H2,1H3,(H,25,29)/t16-,20?/m1/s1. The summed E-state index contributed by atoms with van der Waals surface area (Å²) in [4.78, 5) is 16.5. The molecular weight excluding hydrogens is 523 g/mol. The number of pyridine rings is 1.